The Morgan fingerprint density at radius 2 is 1.87 bits per heavy atom. The zero-order chi connectivity index (χ0) is 21.5. The van der Waals surface area contributed by atoms with Gasteiger partial charge in [0.1, 0.15) is 11.6 Å². The predicted molar refractivity (Wildman–Crippen MR) is 101 cm³/mol. The summed E-state index contributed by atoms with van der Waals surface area (Å²) in [5.74, 6) is -2.16. The number of nitrogens with one attached hydrogen (secondary N) is 1. The van der Waals surface area contributed by atoms with Crippen LogP contribution in [0.15, 0.2) is 30.3 Å². The molecule has 4 rings (SSSR count). The first-order chi connectivity index (χ1) is 14.2. The highest BCUT2D eigenvalue weighted by Crippen LogP contribution is 2.29. The molecule has 1 saturated heterocycles. The highest BCUT2D eigenvalue weighted by Gasteiger charge is 2.38. The zero-order valence-electron chi connectivity index (χ0n) is 15.3. The van der Waals surface area contributed by atoms with E-state index in [4.69, 9.17) is 11.6 Å². The number of aromatic nitrogens is 4. The van der Waals surface area contributed by atoms with E-state index < -0.39 is 17.8 Å². The Kier molecular flexibility index (Phi) is 5.22. The Morgan fingerprint density at radius 3 is 2.57 bits per heavy atom. The van der Waals surface area contributed by atoms with Gasteiger partial charge in [0.2, 0.25) is 5.91 Å². The van der Waals surface area contributed by atoms with Crippen LogP contribution in [-0.4, -0.2) is 38.8 Å². The molecule has 0 atom stereocenters. The lowest BCUT2D eigenvalue weighted by molar-refractivity contribution is -0.146. The minimum absolute atomic E-state index is 0.00864. The van der Waals surface area contributed by atoms with Gasteiger partial charge >= 0.3 is 6.18 Å². The first-order valence-electron chi connectivity index (χ1n) is 9.03. The molecule has 12 heteroatoms. The highest BCUT2D eigenvalue weighted by molar-refractivity contribution is 6.30. The van der Waals surface area contributed by atoms with E-state index in [-0.39, 0.29) is 23.2 Å². The van der Waals surface area contributed by atoms with Gasteiger partial charge in [-0.25, -0.2) is 4.39 Å². The Labute approximate surface area is 172 Å². The molecule has 0 saturated carbocycles. The van der Waals surface area contributed by atoms with Gasteiger partial charge in [-0.15, -0.1) is 15.3 Å². The number of amides is 1. The molecule has 1 aromatic carbocycles. The molecule has 0 aliphatic carbocycles. The molecule has 30 heavy (non-hydrogen) atoms. The second-order valence-electron chi connectivity index (χ2n) is 6.86. The van der Waals surface area contributed by atoms with Crippen LogP contribution in [-0.2, 0) is 11.0 Å². The quantitative estimate of drug-likeness (QED) is 0.625. The highest BCUT2D eigenvalue weighted by atomic mass is 35.5. The summed E-state index contributed by atoms with van der Waals surface area (Å²) in [5.41, 5.74) is -0.00165. The smallest absolute Gasteiger partial charge is 0.355 e. The van der Waals surface area contributed by atoms with E-state index in [0.717, 1.165) is 0 Å². The number of nitrogens with zero attached hydrogens (tertiary/aromatic N) is 5. The standard InChI is InChI=1S/C18H15ClF4N6O/c19-11-1-2-12(20)13(9-11)24-16(30)10-5-7-28(8-6-10)15-4-3-14-25-26-17(18(21,22)23)29(14)27-15/h1-4,9-10H,5-8H2,(H,24,30). The monoisotopic (exact) mass is 442 g/mol. The average Bonchev–Trinajstić information content (AvgIpc) is 3.14. The molecule has 7 nitrogen and oxygen atoms in total. The summed E-state index contributed by atoms with van der Waals surface area (Å²) in [6.07, 6.45) is -3.81. The van der Waals surface area contributed by atoms with Gasteiger partial charge < -0.3 is 10.2 Å². The molecule has 0 unspecified atom stereocenters. The van der Waals surface area contributed by atoms with Crippen molar-refractivity contribution in [3.63, 3.8) is 0 Å². The maximum Gasteiger partial charge on any atom is 0.453 e. The van der Waals surface area contributed by atoms with Gasteiger partial charge in [-0.05, 0) is 43.2 Å². The van der Waals surface area contributed by atoms with Crippen LogP contribution in [0.2, 0.25) is 5.02 Å². The minimum Gasteiger partial charge on any atom is -0.355 e. The van der Waals surface area contributed by atoms with Crippen molar-refractivity contribution in [2.75, 3.05) is 23.3 Å². The summed E-state index contributed by atoms with van der Waals surface area (Å²) in [6, 6.07) is 6.86. The summed E-state index contributed by atoms with van der Waals surface area (Å²) in [7, 11) is 0. The van der Waals surface area contributed by atoms with Crippen molar-refractivity contribution in [3.8, 4) is 0 Å². The van der Waals surface area contributed by atoms with E-state index >= 15 is 0 Å². The van der Waals surface area contributed by atoms with Gasteiger partial charge in [0.15, 0.2) is 5.65 Å². The van der Waals surface area contributed by atoms with E-state index in [1.165, 1.54) is 24.3 Å². The number of alkyl halides is 3. The molecular weight excluding hydrogens is 428 g/mol. The van der Waals surface area contributed by atoms with Crippen molar-refractivity contribution in [3.05, 3.63) is 47.0 Å². The first kappa shape index (κ1) is 20.3. The normalized spacial score (nSPS) is 15.6. The van der Waals surface area contributed by atoms with Gasteiger partial charge in [-0.3, -0.25) is 4.79 Å². The Morgan fingerprint density at radius 1 is 1.13 bits per heavy atom. The lowest BCUT2D eigenvalue weighted by Crippen LogP contribution is -2.38. The zero-order valence-corrected chi connectivity index (χ0v) is 16.1. The van der Waals surface area contributed by atoms with E-state index in [0.29, 0.717) is 41.3 Å². The number of fused-ring (bicyclic) bond motifs is 1. The van der Waals surface area contributed by atoms with Crippen LogP contribution in [0.5, 0.6) is 0 Å². The predicted octanol–water partition coefficient (Wildman–Crippen LogP) is 3.79. The number of rotatable bonds is 3. The number of carbonyl (C=O) groups is 1. The van der Waals surface area contributed by atoms with Gasteiger partial charge in [0.25, 0.3) is 5.82 Å². The summed E-state index contributed by atoms with van der Waals surface area (Å²) in [4.78, 5) is 14.2. The molecule has 2 aromatic heterocycles. The fourth-order valence-corrected chi connectivity index (χ4v) is 3.50. The number of carbonyl (C=O) groups excluding carboxylic acids is 1. The largest absolute Gasteiger partial charge is 0.453 e. The Bertz CT molecular complexity index is 1090. The van der Waals surface area contributed by atoms with E-state index in [9.17, 15) is 22.4 Å². The van der Waals surface area contributed by atoms with Gasteiger partial charge in [0.05, 0.1) is 5.69 Å². The molecule has 1 fully saturated rings. The number of anilines is 2. The lowest BCUT2D eigenvalue weighted by atomic mass is 9.96. The Balaban J connectivity index is 1.44. The summed E-state index contributed by atoms with van der Waals surface area (Å²) in [6.45, 7) is 0.802. The van der Waals surface area contributed by atoms with Crippen molar-refractivity contribution in [1.29, 1.82) is 0 Å². The molecule has 3 aromatic rings. The van der Waals surface area contributed by atoms with Crippen LogP contribution in [0.25, 0.3) is 5.65 Å². The Hall–Kier alpha value is -2.95. The minimum atomic E-state index is -4.67. The topological polar surface area (TPSA) is 75.4 Å². The molecule has 0 bridgehead atoms. The van der Waals surface area contributed by atoms with E-state index in [1.54, 1.807) is 11.0 Å². The number of benzene rings is 1. The SMILES string of the molecule is O=C(Nc1cc(Cl)ccc1F)C1CCN(c2ccc3nnc(C(F)(F)F)n3n2)CC1. The third-order valence-electron chi connectivity index (χ3n) is 4.88. The summed E-state index contributed by atoms with van der Waals surface area (Å²) >= 11 is 5.83. The summed E-state index contributed by atoms with van der Waals surface area (Å²) in [5, 5.41) is 13.5. The molecular formula is C18H15ClF4N6O. The first-order valence-corrected chi connectivity index (χ1v) is 9.40. The van der Waals surface area contributed by atoms with Crippen molar-refractivity contribution in [2.45, 2.75) is 19.0 Å². The molecule has 1 aliphatic rings. The second kappa shape index (κ2) is 7.71. The average molecular weight is 443 g/mol. The molecule has 0 radical (unpaired) electrons. The van der Waals surface area contributed by atoms with Crippen molar-refractivity contribution >= 4 is 34.7 Å². The van der Waals surface area contributed by atoms with Crippen LogP contribution in [0.4, 0.5) is 29.1 Å². The molecule has 1 aliphatic heterocycles. The van der Waals surface area contributed by atoms with E-state index in [2.05, 4.69) is 20.6 Å². The lowest BCUT2D eigenvalue weighted by Gasteiger charge is -2.32. The maximum atomic E-state index is 13.8. The molecule has 0 spiro atoms. The van der Waals surface area contributed by atoms with Gasteiger partial charge in [0, 0.05) is 24.0 Å². The third kappa shape index (κ3) is 4.02. The summed E-state index contributed by atoms with van der Waals surface area (Å²) < 4.78 is 53.6. The van der Waals surface area contributed by atoms with Gasteiger partial charge in [-0.1, -0.05) is 11.6 Å². The molecule has 1 N–H and O–H groups in total. The fourth-order valence-electron chi connectivity index (χ4n) is 3.32. The molecule has 158 valence electrons. The van der Waals surface area contributed by atoms with Crippen molar-refractivity contribution in [1.82, 2.24) is 19.8 Å². The number of hydrogen-bond acceptors (Lipinski definition) is 5. The van der Waals surface area contributed by atoms with E-state index in [1.807, 2.05) is 0 Å². The maximum absolute atomic E-state index is 13.8. The van der Waals surface area contributed by atoms with Crippen LogP contribution >= 0.6 is 11.6 Å². The molecule has 3 heterocycles. The number of halogens is 5. The second-order valence-corrected chi connectivity index (χ2v) is 7.29. The fraction of sp³-hybridized carbons (Fsp3) is 0.333. The van der Waals surface area contributed by atoms with Crippen LogP contribution in [0, 0.1) is 11.7 Å². The van der Waals surface area contributed by atoms with Crippen LogP contribution < -0.4 is 10.2 Å². The third-order valence-corrected chi connectivity index (χ3v) is 5.11. The number of hydrogen-bond donors (Lipinski definition) is 1. The van der Waals surface area contributed by atoms with Crippen molar-refractivity contribution in [2.24, 2.45) is 5.92 Å². The van der Waals surface area contributed by atoms with Crippen LogP contribution in [0.1, 0.15) is 18.7 Å². The molecule has 1 amide bonds. The number of piperidine rings is 1. The van der Waals surface area contributed by atoms with Gasteiger partial charge in [-0.2, -0.15) is 17.7 Å². The van der Waals surface area contributed by atoms with Crippen LogP contribution in [0.3, 0.4) is 0 Å². The van der Waals surface area contributed by atoms with Crippen molar-refractivity contribution < 1.29 is 22.4 Å².